The molecule has 0 saturated heterocycles. The second-order valence-corrected chi connectivity index (χ2v) is 4.84. The average Bonchev–Trinajstić information content (AvgIpc) is 2.61. The van der Waals surface area contributed by atoms with E-state index in [1.54, 1.807) is 18.5 Å². The summed E-state index contributed by atoms with van der Waals surface area (Å²) >= 11 is 0. The van der Waals surface area contributed by atoms with Crippen LogP contribution in [-0.2, 0) is 6.61 Å². The molecule has 22 heavy (non-hydrogen) atoms. The summed E-state index contributed by atoms with van der Waals surface area (Å²) in [5.41, 5.74) is 3.47. The molecule has 0 amide bonds. The van der Waals surface area contributed by atoms with Gasteiger partial charge in [0.1, 0.15) is 12.4 Å². The first-order chi connectivity index (χ1) is 10.9. The minimum Gasteiger partial charge on any atom is -0.489 e. The molecular weight excluding hydrogens is 272 g/mol. The number of hydrogen-bond acceptors (Lipinski definition) is 3. The Kier molecular flexibility index (Phi) is 4.12. The quantitative estimate of drug-likeness (QED) is 0.722. The van der Waals surface area contributed by atoms with Crippen LogP contribution in [0.15, 0.2) is 73.1 Å². The van der Waals surface area contributed by atoms with Crippen LogP contribution in [0.2, 0.25) is 0 Å². The molecule has 0 aliphatic rings. The third kappa shape index (κ3) is 3.13. The zero-order valence-electron chi connectivity index (χ0n) is 11.9. The lowest BCUT2D eigenvalue weighted by molar-refractivity contribution is 0.306. The summed E-state index contributed by atoms with van der Waals surface area (Å²) in [5, 5.41) is 9.19. The molecule has 106 valence electrons. The largest absolute Gasteiger partial charge is 0.489 e. The van der Waals surface area contributed by atoms with Crippen LogP contribution >= 0.6 is 0 Å². The predicted molar refractivity (Wildman–Crippen MR) is 85.2 cm³/mol. The molecule has 3 nitrogen and oxygen atoms in total. The van der Waals surface area contributed by atoms with Gasteiger partial charge in [-0.15, -0.1) is 0 Å². The monoisotopic (exact) mass is 286 g/mol. The molecule has 0 aliphatic carbocycles. The van der Waals surface area contributed by atoms with Crippen molar-refractivity contribution in [2.75, 3.05) is 0 Å². The van der Waals surface area contributed by atoms with Crippen LogP contribution in [0.4, 0.5) is 0 Å². The van der Waals surface area contributed by atoms with Gasteiger partial charge in [-0.05, 0) is 29.3 Å². The van der Waals surface area contributed by atoms with Gasteiger partial charge in [-0.3, -0.25) is 4.98 Å². The zero-order chi connectivity index (χ0) is 15.2. The fraction of sp³-hybridized carbons (Fsp3) is 0.0526. The Hall–Kier alpha value is -3.12. The van der Waals surface area contributed by atoms with Crippen LogP contribution in [0.1, 0.15) is 11.1 Å². The number of ether oxygens (including phenoxy) is 1. The van der Waals surface area contributed by atoms with Gasteiger partial charge in [0, 0.05) is 18.0 Å². The molecule has 1 aromatic heterocycles. The van der Waals surface area contributed by atoms with Gasteiger partial charge in [-0.1, -0.05) is 42.5 Å². The molecule has 3 aromatic rings. The van der Waals surface area contributed by atoms with E-state index < -0.39 is 0 Å². The molecule has 0 radical (unpaired) electrons. The summed E-state index contributed by atoms with van der Waals surface area (Å²) in [6, 6.07) is 21.6. The van der Waals surface area contributed by atoms with Crippen LogP contribution < -0.4 is 4.74 Å². The molecular formula is C19H14N2O. The number of nitriles is 1. The predicted octanol–water partition coefficient (Wildman–Crippen LogP) is 4.20. The van der Waals surface area contributed by atoms with Crippen molar-refractivity contribution in [2.45, 2.75) is 6.61 Å². The van der Waals surface area contributed by atoms with Gasteiger partial charge in [0.2, 0.25) is 0 Å². The zero-order valence-corrected chi connectivity index (χ0v) is 11.9. The molecule has 0 aliphatic heterocycles. The van der Waals surface area contributed by atoms with E-state index in [0.29, 0.717) is 12.2 Å². The number of aromatic nitrogens is 1. The van der Waals surface area contributed by atoms with Crippen LogP contribution in [0.25, 0.3) is 11.1 Å². The molecule has 1 heterocycles. The first-order valence-electron chi connectivity index (χ1n) is 6.98. The maximum atomic E-state index is 9.19. The van der Waals surface area contributed by atoms with Crippen molar-refractivity contribution in [1.82, 2.24) is 4.98 Å². The summed E-state index contributed by atoms with van der Waals surface area (Å²) in [6.07, 6.45) is 3.33. The molecule has 0 spiro atoms. The Morgan fingerprint density at radius 3 is 2.68 bits per heavy atom. The van der Waals surface area contributed by atoms with Crippen LogP contribution in [0.5, 0.6) is 5.75 Å². The number of nitrogens with zero attached hydrogens (tertiary/aromatic N) is 2. The maximum absolute atomic E-state index is 9.19. The topological polar surface area (TPSA) is 45.9 Å². The number of pyridine rings is 1. The van der Waals surface area contributed by atoms with Crippen molar-refractivity contribution in [1.29, 1.82) is 5.26 Å². The van der Waals surface area contributed by atoms with Crippen molar-refractivity contribution >= 4 is 0 Å². The maximum Gasteiger partial charge on any atom is 0.120 e. The van der Waals surface area contributed by atoms with Gasteiger partial charge < -0.3 is 4.74 Å². The Labute approximate surface area is 129 Å². The number of rotatable bonds is 4. The third-order valence-electron chi connectivity index (χ3n) is 3.33. The molecule has 0 N–H and O–H groups in total. The lowest BCUT2D eigenvalue weighted by atomic mass is 10.0. The summed E-state index contributed by atoms with van der Waals surface area (Å²) in [6.45, 7) is 0.516. The number of benzene rings is 2. The minimum absolute atomic E-state index is 0.516. The van der Waals surface area contributed by atoms with Gasteiger partial charge in [0.25, 0.3) is 0 Å². The summed E-state index contributed by atoms with van der Waals surface area (Å²) < 4.78 is 5.82. The Bertz CT molecular complexity index is 807. The molecule has 3 rings (SSSR count). The standard InChI is InChI=1S/C19H14N2O/c20-12-17-9-10-21-13-19(17)16-7-4-8-18(11-16)22-14-15-5-2-1-3-6-15/h1-11,13H,14H2. The Balaban J connectivity index is 1.83. The highest BCUT2D eigenvalue weighted by Crippen LogP contribution is 2.26. The minimum atomic E-state index is 0.516. The van der Waals surface area contributed by atoms with Crippen molar-refractivity contribution in [3.05, 3.63) is 84.2 Å². The van der Waals surface area contributed by atoms with E-state index in [9.17, 15) is 5.26 Å². The van der Waals surface area contributed by atoms with E-state index >= 15 is 0 Å². The van der Waals surface area contributed by atoms with Crippen molar-refractivity contribution < 1.29 is 4.74 Å². The van der Waals surface area contributed by atoms with E-state index in [4.69, 9.17) is 4.74 Å². The van der Waals surface area contributed by atoms with Gasteiger partial charge in [0.05, 0.1) is 11.6 Å². The van der Waals surface area contributed by atoms with Crippen molar-refractivity contribution in [3.63, 3.8) is 0 Å². The van der Waals surface area contributed by atoms with E-state index in [-0.39, 0.29) is 0 Å². The molecule has 0 bridgehead atoms. The highest BCUT2D eigenvalue weighted by molar-refractivity contribution is 5.70. The Morgan fingerprint density at radius 2 is 1.86 bits per heavy atom. The van der Waals surface area contributed by atoms with E-state index in [0.717, 1.165) is 22.4 Å². The molecule has 0 unspecified atom stereocenters. The SMILES string of the molecule is N#Cc1ccncc1-c1cccc(OCc2ccccc2)c1. The molecule has 3 heteroatoms. The van der Waals surface area contributed by atoms with E-state index in [1.165, 1.54) is 0 Å². The Morgan fingerprint density at radius 1 is 1.00 bits per heavy atom. The van der Waals surface area contributed by atoms with E-state index in [1.807, 2.05) is 54.6 Å². The fourth-order valence-electron chi connectivity index (χ4n) is 2.22. The summed E-state index contributed by atoms with van der Waals surface area (Å²) in [5.74, 6) is 0.772. The molecule has 0 fully saturated rings. The highest BCUT2D eigenvalue weighted by atomic mass is 16.5. The lowest BCUT2D eigenvalue weighted by Gasteiger charge is -2.09. The van der Waals surface area contributed by atoms with Gasteiger partial charge in [-0.2, -0.15) is 5.26 Å². The average molecular weight is 286 g/mol. The first-order valence-corrected chi connectivity index (χ1v) is 6.98. The molecule has 0 atom stereocenters. The summed E-state index contributed by atoms with van der Waals surface area (Å²) in [4.78, 5) is 4.10. The van der Waals surface area contributed by atoms with Crippen LogP contribution in [-0.4, -0.2) is 4.98 Å². The third-order valence-corrected chi connectivity index (χ3v) is 3.33. The van der Waals surface area contributed by atoms with Crippen molar-refractivity contribution in [2.24, 2.45) is 0 Å². The van der Waals surface area contributed by atoms with Gasteiger partial charge in [0.15, 0.2) is 0 Å². The first kappa shape index (κ1) is 13.8. The van der Waals surface area contributed by atoms with Crippen molar-refractivity contribution in [3.8, 4) is 22.9 Å². The second kappa shape index (κ2) is 6.55. The lowest BCUT2D eigenvalue weighted by Crippen LogP contribution is -1.95. The highest BCUT2D eigenvalue weighted by Gasteiger charge is 2.06. The van der Waals surface area contributed by atoms with Crippen LogP contribution in [0, 0.1) is 11.3 Å². The van der Waals surface area contributed by atoms with Crippen LogP contribution in [0.3, 0.4) is 0 Å². The fourth-order valence-corrected chi connectivity index (χ4v) is 2.22. The normalized spacial score (nSPS) is 9.95. The smallest absolute Gasteiger partial charge is 0.120 e. The molecule has 0 saturated carbocycles. The molecule has 2 aromatic carbocycles. The van der Waals surface area contributed by atoms with E-state index in [2.05, 4.69) is 11.1 Å². The number of hydrogen-bond donors (Lipinski definition) is 0. The van der Waals surface area contributed by atoms with Gasteiger partial charge >= 0.3 is 0 Å². The van der Waals surface area contributed by atoms with Gasteiger partial charge in [-0.25, -0.2) is 0 Å². The summed E-state index contributed by atoms with van der Waals surface area (Å²) in [7, 11) is 0. The second-order valence-electron chi connectivity index (χ2n) is 4.84.